The fraction of sp³-hybridized carbons (Fsp3) is 0.889. The zero-order valence-corrected chi connectivity index (χ0v) is 10.0. The summed E-state index contributed by atoms with van der Waals surface area (Å²) in [5, 5.41) is 0. The molecule has 0 aliphatic heterocycles. The summed E-state index contributed by atoms with van der Waals surface area (Å²) >= 11 is 0. The standard InChI is InChI=1S/C9H19.Na/c1-5-7-8-9(3,4)6-2;/h3,5-8H2,1-2,4H3;/q-1;+1. The van der Waals surface area contributed by atoms with Crippen LogP contribution in [0.5, 0.6) is 0 Å². The van der Waals surface area contributed by atoms with Crippen LogP contribution in [0.15, 0.2) is 0 Å². The molecule has 0 aromatic carbocycles. The molecule has 0 bridgehead atoms. The van der Waals surface area contributed by atoms with Crippen molar-refractivity contribution in [3.63, 3.8) is 0 Å². The van der Waals surface area contributed by atoms with E-state index in [1.54, 1.807) is 0 Å². The van der Waals surface area contributed by atoms with Gasteiger partial charge in [-0.05, 0) is 0 Å². The summed E-state index contributed by atoms with van der Waals surface area (Å²) in [5.74, 6) is 0. The molecule has 0 aromatic rings. The molecule has 56 valence electrons. The van der Waals surface area contributed by atoms with Gasteiger partial charge < -0.3 is 6.92 Å². The van der Waals surface area contributed by atoms with Gasteiger partial charge in [-0.15, -0.1) is 0 Å². The first-order valence-electron chi connectivity index (χ1n) is 3.97. The van der Waals surface area contributed by atoms with E-state index in [1.807, 2.05) is 0 Å². The van der Waals surface area contributed by atoms with Crippen LogP contribution in [-0.4, -0.2) is 0 Å². The van der Waals surface area contributed by atoms with Crippen molar-refractivity contribution in [1.82, 2.24) is 0 Å². The van der Waals surface area contributed by atoms with Gasteiger partial charge in [0.25, 0.3) is 0 Å². The van der Waals surface area contributed by atoms with Crippen LogP contribution in [0.4, 0.5) is 0 Å². The summed E-state index contributed by atoms with van der Waals surface area (Å²) in [6.45, 7) is 10.8. The van der Waals surface area contributed by atoms with Crippen LogP contribution >= 0.6 is 0 Å². The molecule has 0 aliphatic carbocycles. The van der Waals surface area contributed by atoms with E-state index < -0.39 is 0 Å². The molecule has 10 heavy (non-hydrogen) atoms. The molecule has 0 saturated heterocycles. The minimum atomic E-state index is 0. The van der Waals surface area contributed by atoms with Crippen LogP contribution in [-0.2, 0) is 0 Å². The monoisotopic (exact) mass is 150 g/mol. The molecule has 1 atom stereocenters. The Bertz CT molecular complexity index is 67.1. The van der Waals surface area contributed by atoms with E-state index in [1.165, 1.54) is 25.7 Å². The van der Waals surface area contributed by atoms with E-state index in [2.05, 4.69) is 27.7 Å². The van der Waals surface area contributed by atoms with E-state index in [-0.39, 0.29) is 29.6 Å². The first-order chi connectivity index (χ1) is 4.12. The van der Waals surface area contributed by atoms with Gasteiger partial charge in [0.05, 0.1) is 0 Å². The van der Waals surface area contributed by atoms with E-state index in [4.69, 9.17) is 0 Å². The zero-order valence-electron chi connectivity index (χ0n) is 8.04. The van der Waals surface area contributed by atoms with Crippen molar-refractivity contribution in [1.29, 1.82) is 0 Å². The van der Waals surface area contributed by atoms with Gasteiger partial charge in [-0.2, -0.15) is 5.41 Å². The molecular formula is C9H19Na. The molecule has 1 unspecified atom stereocenters. The topological polar surface area (TPSA) is 0 Å². The number of hydrogen-bond acceptors (Lipinski definition) is 0. The van der Waals surface area contributed by atoms with Crippen LogP contribution in [0.1, 0.15) is 46.5 Å². The second-order valence-electron chi connectivity index (χ2n) is 3.27. The molecule has 0 N–H and O–H groups in total. The Morgan fingerprint density at radius 3 is 2.10 bits per heavy atom. The molecule has 0 amide bonds. The van der Waals surface area contributed by atoms with Crippen LogP contribution in [0, 0.1) is 12.3 Å². The smallest absolute Gasteiger partial charge is 0.337 e. The third-order valence-electron chi connectivity index (χ3n) is 1.99. The predicted octanol–water partition coefficient (Wildman–Crippen LogP) is 0.431. The summed E-state index contributed by atoms with van der Waals surface area (Å²) < 4.78 is 0. The zero-order chi connectivity index (χ0) is 7.33. The van der Waals surface area contributed by atoms with Gasteiger partial charge in [0, 0.05) is 0 Å². The molecule has 0 heterocycles. The molecule has 0 aliphatic rings. The Labute approximate surface area is 88.1 Å². The Balaban J connectivity index is 0. The molecule has 0 rings (SSSR count). The summed E-state index contributed by atoms with van der Waals surface area (Å²) in [6.07, 6.45) is 5.10. The normalized spacial score (nSPS) is 15.6. The first-order valence-corrected chi connectivity index (χ1v) is 3.97. The Kier molecular flexibility index (Phi) is 9.09. The van der Waals surface area contributed by atoms with Crippen molar-refractivity contribution in [2.75, 3.05) is 0 Å². The van der Waals surface area contributed by atoms with E-state index in [0.717, 1.165) is 0 Å². The average Bonchev–Trinajstić information content (AvgIpc) is 1.84. The van der Waals surface area contributed by atoms with Crippen molar-refractivity contribution >= 4 is 0 Å². The van der Waals surface area contributed by atoms with Gasteiger partial charge >= 0.3 is 29.6 Å². The van der Waals surface area contributed by atoms with Gasteiger partial charge in [-0.1, -0.05) is 46.5 Å². The van der Waals surface area contributed by atoms with Gasteiger partial charge in [-0.3, -0.25) is 0 Å². The molecule has 0 nitrogen and oxygen atoms in total. The predicted molar refractivity (Wildman–Crippen MR) is 43.3 cm³/mol. The minimum absolute atomic E-state index is 0. The van der Waals surface area contributed by atoms with Crippen LogP contribution in [0.3, 0.4) is 0 Å². The second kappa shape index (κ2) is 6.69. The van der Waals surface area contributed by atoms with Gasteiger partial charge in [-0.25, -0.2) is 0 Å². The Hall–Kier alpha value is 1.00. The van der Waals surface area contributed by atoms with Crippen molar-refractivity contribution < 1.29 is 29.6 Å². The third kappa shape index (κ3) is 7.11. The maximum absolute atomic E-state index is 4.13. The summed E-state index contributed by atoms with van der Waals surface area (Å²) in [7, 11) is 0. The third-order valence-corrected chi connectivity index (χ3v) is 1.99. The van der Waals surface area contributed by atoms with Crippen LogP contribution < -0.4 is 29.6 Å². The Morgan fingerprint density at radius 2 is 1.80 bits per heavy atom. The van der Waals surface area contributed by atoms with Crippen molar-refractivity contribution in [3.8, 4) is 0 Å². The SMILES string of the molecule is [CH2-]C(C)(CC)CCCC.[Na+]. The van der Waals surface area contributed by atoms with Crippen molar-refractivity contribution in [2.45, 2.75) is 46.5 Å². The summed E-state index contributed by atoms with van der Waals surface area (Å²) in [6, 6.07) is 0. The number of rotatable bonds is 4. The largest absolute Gasteiger partial charge is 1.00 e. The molecule has 0 spiro atoms. The van der Waals surface area contributed by atoms with Gasteiger partial charge in [0.2, 0.25) is 0 Å². The molecule has 0 aromatic heterocycles. The molecule has 1 heteroatoms. The maximum Gasteiger partial charge on any atom is 1.00 e. The number of unbranched alkanes of at least 4 members (excludes halogenated alkanes) is 1. The van der Waals surface area contributed by atoms with Crippen LogP contribution in [0.2, 0.25) is 0 Å². The fourth-order valence-corrected chi connectivity index (χ4v) is 0.780. The molecule has 0 radical (unpaired) electrons. The van der Waals surface area contributed by atoms with Crippen LogP contribution in [0.25, 0.3) is 0 Å². The minimum Gasteiger partial charge on any atom is -0.337 e. The van der Waals surface area contributed by atoms with Gasteiger partial charge in [0.15, 0.2) is 0 Å². The maximum atomic E-state index is 4.13. The van der Waals surface area contributed by atoms with E-state index >= 15 is 0 Å². The first kappa shape index (κ1) is 13.6. The Morgan fingerprint density at radius 1 is 1.30 bits per heavy atom. The summed E-state index contributed by atoms with van der Waals surface area (Å²) in [5.41, 5.74) is 0.343. The molecular weight excluding hydrogens is 131 g/mol. The van der Waals surface area contributed by atoms with Gasteiger partial charge in [0.1, 0.15) is 0 Å². The summed E-state index contributed by atoms with van der Waals surface area (Å²) in [4.78, 5) is 0. The second-order valence-corrected chi connectivity index (χ2v) is 3.27. The average molecular weight is 150 g/mol. The van der Waals surface area contributed by atoms with Crippen molar-refractivity contribution in [3.05, 3.63) is 6.92 Å². The molecule has 0 saturated carbocycles. The van der Waals surface area contributed by atoms with E-state index in [9.17, 15) is 0 Å². The fourth-order valence-electron chi connectivity index (χ4n) is 0.780. The van der Waals surface area contributed by atoms with Crippen molar-refractivity contribution in [2.24, 2.45) is 5.41 Å². The van der Waals surface area contributed by atoms with E-state index in [0.29, 0.717) is 5.41 Å². The number of hydrogen-bond donors (Lipinski definition) is 0. The molecule has 0 fully saturated rings. The quantitative estimate of drug-likeness (QED) is 0.403.